The van der Waals surface area contributed by atoms with Crippen molar-refractivity contribution in [2.45, 2.75) is 13.0 Å². The van der Waals surface area contributed by atoms with Crippen LogP contribution in [0, 0.1) is 0 Å². The Balaban J connectivity index is 1.69. The Morgan fingerprint density at radius 2 is 1.96 bits per heavy atom. The first kappa shape index (κ1) is 15.8. The van der Waals surface area contributed by atoms with Gasteiger partial charge in [0, 0.05) is 32.6 Å². The lowest BCUT2D eigenvalue weighted by Crippen LogP contribution is -2.31. The van der Waals surface area contributed by atoms with Gasteiger partial charge in [-0.2, -0.15) is 5.10 Å². The van der Waals surface area contributed by atoms with E-state index in [4.69, 9.17) is 0 Å². The van der Waals surface area contributed by atoms with Gasteiger partial charge in [-0.1, -0.05) is 30.3 Å². The summed E-state index contributed by atoms with van der Waals surface area (Å²) in [5.41, 5.74) is 1.75. The fourth-order valence-electron chi connectivity index (χ4n) is 2.48. The zero-order chi connectivity index (χ0) is 17.1. The molecule has 3 rings (SSSR count). The van der Waals surface area contributed by atoms with Gasteiger partial charge in [-0.15, -0.1) is 0 Å². The Labute approximate surface area is 140 Å². The number of benzene rings is 1. The maximum atomic E-state index is 12.2. The smallest absolute Gasteiger partial charge is 0.320 e. The van der Waals surface area contributed by atoms with E-state index < -0.39 is 0 Å². The normalized spacial score (nSPS) is 12.0. The molecule has 1 atom stereocenters. The largest absolute Gasteiger partial charge is 0.333 e. The number of carbonyl (C=O) groups excluding carboxylic acids is 1. The molecule has 0 spiro atoms. The molecule has 0 aliphatic heterocycles. The van der Waals surface area contributed by atoms with Crippen LogP contribution in [0.25, 0.3) is 11.5 Å². The van der Waals surface area contributed by atoms with Crippen molar-refractivity contribution in [1.29, 1.82) is 0 Å². The predicted molar refractivity (Wildman–Crippen MR) is 92.4 cm³/mol. The molecular formula is C17H20N6O. The van der Waals surface area contributed by atoms with E-state index in [2.05, 4.69) is 20.7 Å². The second-order valence-corrected chi connectivity index (χ2v) is 5.63. The number of anilines is 1. The molecule has 0 bridgehead atoms. The molecule has 124 valence electrons. The number of hydrogen-bond acceptors (Lipinski definition) is 3. The average Bonchev–Trinajstić information content (AvgIpc) is 3.14. The summed E-state index contributed by atoms with van der Waals surface area (Å²) >= 11 is 0. The van der Waals surface area contributed by atoms with Gasteiger partial charge in [-0.3, -0.25) is 10.00 Å². The van der Waals surface area contributed by atoms with Crippen LogP contribution in [0.4, 0.5) is 10.6 Å². The van der Waals surface area contributed by atoms with E-state index in [-0.39, 0.29) is 12.1 Å². The third-order valence-electron chi connectivity index (χ3n) is 3.82. The van der Waals surface area contributed by atoms with E-state index in [1.54, 1.807) is 24.0 Å². The van der Waals surface area contributed by atoms with Gasteiger partial charge < -0.3 is 9.88 Å². The van der Waals surface area contributed by atoms with Crippen LogP contribution in [0.1, 0.15) is 18.5 Å². The topological polar surface area (TPSA) is 76.8 Å². The third kappa shape index (κ3) is 3.29. The lowest BCUT2D eigenvalue weighted by Gasteiger charge is -2.14. The first-order chi connectivity index (χ1) is 11.5. The van der Waals surface area contributed by atoms with E-state index in [0.29, 0.717) is 11.5 Å². The van der Waals surface area contributed by atoms with E-state index in [1.807, 2.05) is 55.1 Å². The number of carbonyl (C=O) groups is 1. The minimum Gasteiger partial charge on any atom is -0.333 e. The molecular weight excluding hydrogens is 304 g/mol. The fourth-order valence-corrected chi connectivity index (χ4v) is 2.48. The molecule has 24 heavy (non-hydrogen) atoms. The number of rotatable bonds is 4. The highest BCUT2D eigenvalue weighted by Gasteiger charge is 2.14. The molecule has 2 amide bonds. The molecule has 0 aliphatic carbocycles. The van der Waals surface area contributed by atoms with Crippen molar-refractivity contribution in [3.63, 3.8) is 0 Å². The lowest BCUT2D eigenvalue weighted by molar-refractivity contribution is 0.249. The van der Waals surface area contributed by atoms with Gasteiger partial charge in [0.25, 0.3) is 0 Å². The SMILES string of the molecule is C[C@@H](NC(=O)Nc1cc(-c2nccn2C)nn1C)c1ccccc1. The maximum Gasteiger partial charge on any atom is 0.320 e. The number of imidazole rings is 1. The minimum atomic E-state index is -0.277. The fraction of sp³-hybridized carbons (Fsp3) is 0.235. The predicted octanol–water partition coefficient (Wildman–Crippen LogP) is 2.70. The molecule has 0 aliphatic rings. The van der Waals surface area contributed by atoms with Crippen molar-refractivity contribution in [3.8, 4) is 11.5 Å². The molecule has 0 unspecified atom stereocenters. The summed E-state index contributed by atoms with van der Waals surface area (Å²) in [4.78, 5) is 16.5. The number of nitrogens with zero attached hydrogens (tertiary/aromatic N) is 4. The van der Waals surface area contributed by atoms with Gasteiger partial charge >= 0.3 is 6.03 Å². The van der Waals surface area contributed by atoms with Crippen LogP contribution in [-0.2, 0) is 14.1 Å². The maximum absolute atomic E-state index is 12.2. The minimum absolute atomic E-state index is 0.0894. The summed E-state index contributed by atoms with van der Waals surface area (Å²) in [6, 6.07) is 11.2. The Morgan fingerprint density at radius 1 is 1.21 bits per heavy atom. The van der Waals surface area contributed by atoms with Crippen LogP contribution < -0.4 is 10.6 Å². The number of urea groups is 1. The van der Waals surface area contributed by atoms with Gasteiger partial charge in [0.1, 0.15) is 11.5 Å². The van der Waals surface area contributed by atoms with Crippen LogP contribution in [0.2, 0.25) is 0 Å². The number of amides is 2. The van der Waals surface area contributed by atoms with Crippen molar-refractivity contribution in [2.24, 2.45) is 14.1 Å². The van der Waals surface area contributed by atoms with Crippen LogP contribution in [0.3, 0.4) is 0 Å². The highest BCUT2D eigenvalue weighted by atomic mass is 16.2. The zero-order valence-corrected chi connectivity index (χ0v) is 13.9. The molecule has 0 saturated carbocycles. The van der Waals surface area contributed by atoms with Crippen molar-refractivity contribution in [2.75, 3.05) is 5.32 Å². The molecule has 3 aromatic rings. The highest BCUT2D eigenvalue weighted by Crippen LogP contribution is 2.19. The van der Waals surface area contributed by atoms with Crippen LogP contribution in [-0.4, -0.2) is 25.4 Å². The monoisotopic (exact) mass is 324 g/mol. The van der Waals surface area contributed by atoms with Crippen molar-refractivity contribution in [1.82, 2.24) is 24.6 Å². The Bertz CT molecular complexity index is 836. The molecule has 2 aromatic heterocycles. The van der Waals surface area contributed by atoms with Crippen LogP contribution >= 0.6 is 0 Å². The second-order valence-electron chi connectivity index (χ2n) is 5.63. The molecule has 0 saturated heterocycles. The summed E-state index contributed by atoms with van der Waals surface area (Å²) in [6.45, 7) is 1.94. The molecule has 7 nitrogen and oxygen atoms in total. The summed E-state index contributed by atoms with van der Waals surface area (Å²) in [5, 5.41) is 10.1. The van der Waals surface area contributed by atoms with E-state index in [0.717, 1.165) is 11.4 Å². The molecule has 2 N–H and O–H groups in total. The van der Waals surface area contributed by atoms with Crippen molar-refractivity contribution >= 4 is 11.8 Å². The summed E-state index contributed by atoms with van der Waals surface area (Å²) in [6.07, 6.45) is 3.57. The Morgan fingerprint density at radius 3 is 2.62 bits per heavy atom. The standard InChI is InChI=1S/C17H20N6O/c1-12(13-7-5-4-6-8-13)19-17(24)20-15-11-14(21-23(15)3)16-18-9-10-22(16)2/h4-12H,1-3H3,(H2,19,20,24)/t12-/m1/s1. The summed E-state index contributed by atoms with van der Waals surface area (Å²) in [7, 11) is 3.68. The first-order valence-electron chi connectivity index (χ1n) is 7.69. The number of aryl methyl sites for hydroxylation is 2. The van der Waals surface area contributed by atoms with E-state index in [9.17, 15) is 4.79 Å². The van der Waals surface area contributed by atoms with Gasteiger partial charge in [0.05, 0.1) is 6.04 Å². The molecule has 2 heterocycles. The Hall–Kier alpha value is -3.09. The molecule has 0 radical (unpaired) electrons. The first-order valence-corrected chi connectivity index (χ1v) is 7.69. The Kier molecular flexibility index (Phi) is 4.33. The van der Waals surface area contributed by atoms with Gasteiger partial charge in [0.2, 0.25) is 0 Å². The molecule has 0 fully saturated rings. The third-order valence-corrected chi connectivity index (χ3v) is 3.82. The number of aromatic nitrogens is 4. The number of nitrogens with one attached hydrogen (secondary N) is 2. The average molecular weight is 324 g/mol. The van der Waals surface area contributed by atoms with Gasteiger partial charge in [-0.25, -0.2) is 9.78 Å². The lowest BCUT2D eigenvalue weighted by atomic mass is 10.1. The van der Waals surface area contributed by atoms with Crippen LogP contribution in [0.5, 0.6) is 0 Å². The van der Waals surface area contributed by atoms with Crippen molar-refractivity contribution < 1.29 is 4.79 Å². The van der Waals surface area contributed by atoms with E-state index >= 15 is 0 Å². The second kappa shape index (κ2) is 6.57. The quantitative estimate of drug-likeness (QED) is 0.774. The molecule has 1 aromatic carbocycles. The zero-order valence-electron chi connectivity index (χ0n) is 13.9. The summed E-state index contributed by atoms with van der Waals surface area (Å²) in [5.74, 6) is 1.35. The van der Waals surface area contributed by atoms with Crippen LogP contribution in [0.15, 0.2) is 48.8 Å². The van der Waals surface area contributed by atoms with E-state index in [1.165, 1.54) is 0 Å². The summed E-state index contributed by atoms with van der Waals surface area (Å²) < 4.78 is 3.50. The van der Waals surface area contributed by atoms with Gasteiger partial charge in [-0.05, 0) is 12.5 Å². The van der Waals surface area contributed by atoms with Crippen molar-refractivity contribution in [3.05, 3.63) is 54.4 Å². The van der Waals surface area contributed by atoms with Gasteiger partial charge in [0.15, 0.2) is 5.82 Å². The molecule has 7 heteroatoms. The highest BCUT2D eigenvalue weighted by molar-refractivity contribution is 5.89. The number of hydrogen-bond donors (Lipinski definition) is 2.